The third-order valence-electron chi connectivity index (χ3n) is 2.59. The zero-order valence-electron chi connectivity index (χ0n) is 8.80. The van der Waals surface area contributed by atoms with Crippen molar-refractivity contribution in [2.24, 2.45) is 0 Å². The van der Waals surface area contributed by atoms with Crippen LogP contribution in [0.15, 0.2) is 15.0 Å². The third kappa shape index (κ3) is 2.08. The number of aliphatic hydroxyl groups is 1. The van der Waals surface area contributed by atoms with Crippen molar-refractivity contribution >= 4 is 31.9 Å². The SMILES string of the molecule is COc1cc(Br)c2c(c1Br)[C@@H](O)CCCO2. The Morgan fingerprint density at radius 2 is 2.25 bits per heavy atom. The van der Waals surface area contributed by atoms with E-state index in [1.807, 2.05) is 6.07 Å². The Bertz CT molecular complexity index is 407. The second kappa shape index (κ2) is 4.94. The van der Waals surface area contributed by atoms with Gasteiger partial charge in [-0.3, -0.25) is 0 Å². The Kier molecular flexibility index (Phi) is 3.77. The average molecular weight is 352 g/mol. The van der Waals surface area contributed by atoms with Crippen molar-refractivity contribution in [3.05, 3.63) is 20.6 Å². The monoisotopic (exact) mass is 350 g/mol. The first-order valence-electron chi connectivity index (χ1n) is 5.02. The molecule has 3 nitrogen and oxygen atoms in total. The molecule has 1 aromatic rings. The van der Waals surface area contributed by atoms with Crippen LogP contribution in [0.2, 0.25) is 0 Å². The molecule has 0 saturated carbocycles. The molecule has 1 heterocycles. The van der Waals surface area contributed by atoms with Crippen LogP contribution in [0.5, 0.6) is 11.5 Å². The maximum absolute atomic E-state index is 10.1. The molecule has 5 heteroatoms. The average Bonchev–Trinajstić information content (AvgIpc) is 2.46. The molecule has 0 aliphatic carbocycles. The normalized spacial score (nSPS) is 19.6. The van der Waals surface area contributed by atoms with Crippen molar-refractivity contribution in [1.82, 2.24) is 0 Å². The van der Waals surface area contributed by atoms with E-state index >= 15 is 0 Å². The summed E-state index contributed by atoms with van der Waals surface area (Å²) in [5.74, 6) is 1.40. The van der Waals surface area contributed by atoms with Gasteiger partial charge in [0.1, 0.15) is 11.5 Å². The van der Waals surface area contributed by atoms with E-state index in [1.165, 1.54) is 0 Å². The molecule has 0 fully saturated rings. The molecule has 0 radical (unpaired) electrons. The Morgan fingerprint density at radius 3 is 2.94 bits per heavy atom. The first kappa shape index (κ1) is 12.2. The number of methoxy groups -OCH3 is 1. The van der Waals surface area contributed by atoms with E-state index in [9.17, 15) is 5.11 Å². The van der Waals surface area contributed by atoms with Crippen LogP contribution in [0.3, 0.4) is 0 Å². The molecule has 0 amide bonds. The van der Waals surface area contributed by atoms with E-state index in [0.717, 1.165) is 20.9 Å². The number of benzene rings is 1. The fraction of sp³-hybridized carbons (Fsp3) is 0.455. The smallest absolute Gasteiger partial charge is 0.140 e. The molecule has 0 unspecified atom stereocenters. The van der Waals surface area contributed by atoms with Gasteiger partial charge < -0.3 is 14.6 Å². The van der Waals surface area contributed by atoms with Crippen LogP contribution >= 0.6 is 31.9 Å². The van der Waals surface area contributed by atoms with E-state index in [4.69, 9.17) is 9.47 Å². The van der Waals surface area contributed by atoms with Crippen molar-refractivity contribution < 1.29 is 14.6 Å². The summed E-state index contributed by atoms with van der Waals surface area (Å²) < 4.78 is 12.5. The van der Waals surface area contributed by atoms with Gasteiger partial charge in [-0.25, -0.2) is 0 Å². The van der Waals surface area contributed by atoms with Crippen molar-refractivity contribution in [2.45, 2.75) is 18.9 Å². The lowest BCUT2D eigenvalue weighted by Gasteiger charge is -2.17. The molecule has 1 aromatic carbocycles. The standard InChI is InChI=1S/C11H12Br2O3/c1-15-8-5-6(12)11-9(10(8)13)7(14)3-2-4-16-11/h5,7,14H,2-4H2,1H3/t7-/m0/s1. The second-order valence-corrected chi connectivity index (χ2v) is 5.27. The van der Waals surface area contributed by atoms with Crippen molar-refractivity contribution in [2.75, 3.05) is 13.7 Å². The van der Waals surface area contributed by atoms with Gasteiger partial charge in [0, 0.05) is 5.56 Å². The van der Waals surface area contributed by atoms with Gasteiger partial charge in [0.15, 0.2) is 0 Å². The van der Waals surface area contributed by atoms with Gasteiger partial charge in [0.2, 0.25) is 0 Å². The van der Waals surface area contributed by atoms with E-state index in [-0.39, 0.29) is 0 Å². The summed E-state index contributed by atoms with van der Waals surface area (Å²) in [7, 11) is 1.60. The summed E-state index contributed by atoms with van der Waals surface area (Å²) in [6, 6.07) is 1.83. The lowest BCUT2D eigenvalue weighted by molar-refractivity contribution is 0.166. The maximum Gasteiger partial charge on any atom is 0.140 e. The van der Waals surface area contributed by atoms with Crippen LogP contribution in [0.4, 0.5) is 0 Å². The Hall–Kier alpha value is -0.260. The van der Waals surface area contributed by atoms with Gasteiger partial charge in [-0.15, -0.1) is 0 Å². The molecule has 0 bridgehead atoms. The fourth-order valence-electron chi connectivity index (χ4n) is 1.79. The van der Waals surface area contributed by atoms with E-state index in [2.05, 4.69) is 31.9 Å². The molecular formula is C11H12Br2O3. The Labute approximate surface area is 111 Å². The molecule has 0 spiro atoms. The highest BCUT2D eigenvalue weighted by atomic mass is 79.9. The number of hydrogen-bond acceptors (Lipinski definition) is 3. The predicted octanol–water partition coefficient (Wildman–Crippen LogP) is 3.43. The molecule has 0 aromatic heterocycles. The zero-order chi connectivity index (χ0) is 11.7. The predicted molar refractivity (Wildman–Crippen MR) is 68.1 cm³/mol. The summed E-state index contributed by atoms with van der Waals surface area (Å²) in [5.41, 5.74) is 0.767. The number of rotatable bonds is 1. The van der Waals surface area contributed by atoms with Crippen LogP contribution in [0, 0.1) is 0 Å². The lowest BCUT2D eigenvalue weighted by Crippen LogP contribution is -2.00. The molecular weight excluding hydrogens is 340 g/mol. The molecule has 88 valence electrons. The number of fused-ring (bicyclic) bond motifs is 1. The highest BCUT2D eigenvalue weighted by molar-refractivity contribution is 9.11. The molecule has 16 heavy (non-hydrogen) atoms. The minimum atomic E-state index is -0.515. The van der Waals surface area contributed by atoms with E-state index < -0.39 is 6.10 Å². The Balaban J connectivity index is 2.62. The fourth-order valence-corrected chi connectivity index (χ4v) is 3.05. The van der Waals surface area contributed by atoms with E-state index in [0.29, 0.717) is 24.5 Å². The molecule has 1 N–H and O–H groups in total. The van der Waals surface area contributed by atoms with Crippen LogP contribution in [-0.4, -0.2) is 18.8 Å². The first-order valence-corrected chi connectivity index (χ1v) is 6.60. The summed E-state index contributed by atoms with van der Waals surface area (Å²) in [4.78, 5) is 0. The van der Waals surface area contributed by atoms with Gasteiger partial charge in [-0.1, -0.05) is 0 Å². The summed E-state index contributed by atoms with van der Waals surface area (Å²) in [5, 5.41) is 10.1. The number of halogens is 2. The van der Waals surface area contributed by atoms with Crippen LogP contribution in [0.1, 0.15) is 24.5 Å². The van der Waals surface area contributed by atoms with Crippen LogP contribution in [0.25, 0.3) is 0 Å². The minimum Gasteiger partial charge on any atom is -0.496 e. The van der Waals surface area contributed by atoms with Crippen molar-refractivity contribution in [3.8, 4) is 11.5 Å². The van der Waals surface area contributed by atoms with Crippen LogP contribution < -0.4 is 9.47 Å². The number of aliphatic hydroxyl groups excluding tert-OH is 1. The molecule has 0 saturated heterocycles. The number of hydrogen-bond donors (Lipinski definition) is 1. The highest BCUT2D eigenvalue weighted by Gasteiger charge is 2.25. The molecule has 1 atom stereocenters. The molecule has 1 aliphatic rings. The first-order chi connectivity index (χ1) is 7.65. The zero-order valence-corrected chi connectivity index (χ0v) is 12.0. The number of ether oxygens (including phenoxy) is 2. The van der Waals surface area contributed by atoms with Gasteiger partial charge in [-0.2, -0.15) is 0 Å². The van der Waals surface area contributed by atoms with Gasteiger partial charge in [-0.05, 0) is 50.8 Å². The largest absolute Gasteiger partial charge is 0.496 e. The van der Waals surface area contributed by atoms with Gasteiger partial charge in [0.05, 0.1) is 28.8 Å². The summed E-state index contributed by atoms with van der Waals surface area (Å²) in [6.07, 6.45) is 1.03. The Morgan fingerprint density at radius 1 is 1.50 bits per heavy atom. The third-order valence-corrected chi connectivity index (χ3v) is 4.00. The van der Waals surface area contributed by atoms with Crippen molar-refractivity contribution in [3.63, 3.8) is 0 Å². The molecule has 1 aliphatic heterocycles. The summed E-state index contributed by atoms with van der Waals surface area (Å²) in [6.45, 7) is 0.626. The van der Waals surface area contributed by atoms with Crippen LogP contribution in [-0.2, 0) is 0 Å². The molecule has 2 rings (SSSR count). The maximum atomic E-state index is 10.1. The summed E-state index contributed by atoms with van der Waals surface area (Å²) >= 11 is 6.88. The quantitative estimate of drug-likeness (QED) is 0.842. The minimum absolute atomic E-state index is 0.515. The highest BCUT2D eigenvalue weighted by Crippen LogP contribution is 2.46. The van der Waals surface area contributed by atoms with Crippen molar-refractivity contribution in [1.29, 1.82) is 0 Å². The van der Waals surface area contributed by atoms with Gasteiger partial charge in [0.25, 0.3) is 0 Å². The van der Waals surface area contributed by atoms with E-state index in [1.54, 1.807) is 7.11 Å². The lowest BCUT2D eigenvalue weighted by atomic mass is 10.0. The topological polar surface area (TPSA) is 38.7 Å². The van der Waals surface area contributed by atoms with Gasteiger partial charge >= 0.3 is 0 Å². The second-order valence-electron chi connectivity index (χ2n) is 3.62.